The molecule has 3 aromatic rings. The van der Waals surface area contributed by atoms with Gasteiger partial charge in [-0.05, 0) is 59.2 Å². The van der Waals surface area contributed by atoms with Gasteiger partial charge in [0.2, 0.25) is 11.7 Å². The second-order valence-electron chi connectivity index (χ2n) is 7.51. The van der Waals surface area contributed by atoms with Crippen molar-refractivity contribution in [3.05, 3.63) is 71.3 Å². The molecular weight excluding hydrogens is 462 g/mol. The smallest absolute Gasteiger partial charge is 0.248 e. The van der Waals surface area contributed by atoms with Gasteiger partial charge < -0.3 is 34.1 Å². The van der Waals surface area contributed by atoms with Gasteiger partial charge in [-0.2, -0.15) is 0 Å². The van der Waals surface area contributed by atoms with Gasteiger partial charge in [-0.1, -0.05) is 24.3 Å². The molecule has 0 aliphatic rings. The number of phenolic OH excluding ortho intramolecular Hbond substituents is 1. The first kappa shape index (κ1) is 26.0. The zero-order valence-electron chi connectivity index (χ0n) is 20.8. The van der Waals surface area contributed by atoms with Crippen LogP contribution in [0.25, 0.3) is 18.2 Å². The van der Waals surface area contributed by atoms with Gasteiger partial charge in [-0.25, -0.2) is 0 Å². The Morgan fingerprint density at radius 1 is 0.667 bits per heavy atom. The highest BCUT2D eigenvalue weighted by Crippen LogP contribution is 2.38. The number of rotatable bonds is 10. The summed E-state index contributed by atoms with van der Waals surface area (Å²) in [5, 5.41) is 12.7. The molecule has 3 aromatic carbocycles. The molecule has 0 fully saturated rings. The van der Waals surface area contributed by atoms with Crippen molar-refractivity contribution in [3.8, 4) is 34.5 Å². The van der Waals surface area contributed by atoms with E-state index >= 15 is 0 Å². The summed E-state index contributed by atoms with van der Waals surface area (Å²) in [4.78, 5) is 12.6. The van der Waals surface area contributed by atoms with E-state index in [-0.39, 0.29) is 11.7 Å². The number of methoxy groups -OCH3 is 5. The standard InChI is InChI=1S/C28H29NO7/c1-32-23-11-8-18(6-7-20-16-25(34-3)28(36-5)26(17-20)35-4)14-21(23)29-27(31)13-10-19-9-12-24(33-2)22(30)15-19/h6-17,30H,1-5H3,(H,29,31)/b7-6+,13-10+. The Kier molecular flexibility index (Phi) is 8.83. The van der Waals surface area contributed by atoms with Crippen LogP contribution in [0.2, 0.25) is 0 Å². The molecule has 0 atom stereocenters. The summed E-state index contributed by atoms with van der Waals surface area (Å²) in [6, 6.07) is 14.0. The van der Waals surface area contributed by atoms with Gasteiger partial charge in [-0.3, -0.25) is 4.79 Å². The van der Waals surface area contributed by atoms with E-state index in [1.807, 2.05) is 30.4 Å². The fourth-order valence-electron chi connectivity index (χ4n) is 3.47. The second kappa shape index (κ2) is 12.2. The van der Waals surface area contributed by atoms with Gasteiger partial charge in [0.1, 0.15) is 5.75 Å². The van der Waals surface area contributed by atoms with Gasteiger partial charge in [0, 0.05) is 6.08 Å². The second-order valence-corrected chi connectivity index (χ2v) is 7.51. The first-order valence-electron chi connectivity index (χ1n) is 10.9. The van der Waals surface area contributed by atoms with Gasteiger partial charge in [0.25, 0.3) is 0 Å². The van der Waals surface area contributed by atoms with Crippen molar-refractivity contribution in [2.24, 2.45) is 0 Å². The maximum Gasteiger partial charge on any atom is 0.248 e. The Morgan fingerprint density at radius 2 is 1.22 bits per heavy atom. The number of anilines is 1. The van der Waals surface area contributed by atoms with E-state index in [4.69, 9.17) is 23.7 Å². The van der Waals surface area contributed by atoms with E-state index < -0.39 is 0 Å². The zero-order valence-corrected chi connectivity index (χ0v) is 20.8. The third-order valence-corrected chi connectivity index (χ3v) is 5.27. The average Bonchev–Trinajstić information content (AvgIpc) is 2.90. The Balaban J connectivity index is 1.80. The Labute approximate surface area is 210 Å². The fraction of sp³-hybridized carbons (Fsp3) is 0.179. The molecule has 188 valence electrons. The summed E-state index contributed by atoms with van der Waals surface area (Å²) in [7, 11) is 7.69. The van der Waals surface area contributed by atoms with Crippen LogP contribution in [-0.4, -0.2) is 46.6 Å². The lowest BCUT2D eigenvalue weighted by atomic mass is 10.1. The van der Waals surface area contributed by atoms with Crippen molar-refractivity contribution in [1.82, 2.24) is 0 Å². The summed E-state index contributed by atoms with van der Waals surface area (Å²) in [6.07, 6.45) is 6.76. The molecule has 0 aromatic heterocycles. The number of benzene rings is 3. The lowest BCUT2D eigenvalue weighted by Gasteiger charge is -2.13. The van der Waals surface area contributed by atoms with E-state index in [2.05, 4.69) is 5.32 Å². The van der Waals surface area contributed by atoms with Crippen molar-refractivity contribution < 1.29 is 33.6 Å². The van der Waals surface area contributed by atoms with Crippen LogP contribution in [0.5, 0.6) is 34.5 Å². The molecule has 8 heteroatoms. The number of amides is 1. The fourth-order valence-corrected chi connectivity index (χ4v) is 3.47. The highest BCUT2D eigenvalue weighted by Gasteiger charge is 2.12. The monoisotopic (exact) mass is 491 g/mol. The lowest BCUT2D eigenvalue weighted by Crippen LogP contribution is -2.09. The topological polar surface area (TPSA) is 95.5 Å². The molecule has 2 N–H and O–H groups in total. The highest BCUT2D eigenvalue weighted by atomic mass is 16.5. The van der Waals surface area contributed by atoms with Crippen LogP contribution < -0.4 is 29.0 Å². The number of hydrogen-bond donors (Lipinski definition) is 2. The summed E-state index contributed by atoms with van der Waals surface area (Å²) in [5.41, 5.74) is 2.84. The molecule has 0 aliphatic carbocycles. The molecule has 36 heavy (non-hydrogen) atoms. The van der Waals surface area contributed by atoms with Crippen molar-refractivity contribution >= 4 is 29.8 Å². The molecule has 0 saturated heterocycles. The first-order chi connectivity index (χ1) is 17.4. The predicted molar refractivity (Wildman–Crippen MR) is 140 cm³/mol. The molecule has 0 aliphatic heterocycles. The van der Waals surface area contributed by atoms with E-state index in [9.17, 15) is 9.90 Å². The number of ether oxygens (including phenoxy) is 5. The minimum Gasteiger partial charge on any atom is -0.504 e. The molecule has 0 radical (unpaired) electrons. The summed E-state index contributed by atoms with van der Waals surface area (Å²) < 4.78 is 26.6. The molecule has 0 bridgehead atoms. The molecule has 0 spiro atoms. The molecule has 0 saturated carbocycles. The van der Waals surface area contributed by atoms with E-state index in [0.717, 1.165) is 11.1 Å². The molecular formula is C28H29NO7. The van der Waals surface area contributed by atoms with Crippen LogP contribution >= 0.6 is 0 Å². The Morgan fingerprint density at radius 3 is 1.78 bits per heavy atom. The maximum atomic E-state index is 12.6. The van der Waals surface area contributed by atoms with Crippen molar-refractivity contribution in [2.45, 2.75) is 0 Å². The maximum absolute atomic E-state index is 12.6. The van der Waals surface area contributed by atoms with E-state index in [0.29, 0.717) is 40.0 Å². The van der Waals surface area contributed by atoms with Crippen LogP contribution in [0, 0.1) is 0 Å². The zero-order chi connectivity index (χ0) is 26.1. The van der Waals surface area contributed by atoms with E-state index in [1.165, 1.54) is 26.4 Å². The van der Waals surface area contributed by atoms with Gasteiger partial charge in [-0.15, -0.1) is 0 Å². The lowest BCUT2D eigenvalue weighted by molar-refractivity contribution is -0.111. The third-order valence-electron chi connectivity index (χ3n) is 5.27. The summed E-state index contributed by atoms with van der Waals surface area (Å²) in [5.74, 6) is 2.14. The van der Waals surface area contributed by atoms with Crippen LogP contribution in [0.1, 0.15) is 16.7 Å². The van der Waals surface area contributed by atoms with Crippen LogP contribution in [0.3, 0.4) is 0 Å². The molecule has 8 nitrogen and oxygen atoms in total. The van der Waals surface area contributed by atoms with Crippen molar-refractivity contribution in [2.75, 3.05) is 40.9 Å². The molecule has 0 heterocycles. The molecule has 1 amide bonds. The quantitative estimate of drug-likeness (QED) is 0.295. The summed E-state index contributed by atoms with van der Waals surface area (Å²) in [6.45, 7) is 0. The van der Waals surface area contributed by atoms with E-state index in [1.54, 1.807) is 51.7 Å². The number of hydrogen-bond acceptors (Lipinski definition) is 7. The average molecular weight is 492 g/mol. The normalized spacial score (nSPS) is 10.9. The summed E-state index contributed by atoms with van der Waals surface area (Å²) >= 11 is 0. The third kappa shape index (κ3) is 6.29. The Bertz CT molecular complexity index is 1260. The minimum absolute atomic E-state index is 0.00619. The number of carbonyl (C=O) groups is 1. The van der Waals surface area contributed by atoms with Crippen LogP contribution in [0.4, 0.5) is 5.69 Å². The van der Waals surface area contributed by atoms with Crippen molar-refractivity contribution in [3.63, 3.8) is 0 Å². The van der Waals surface area contributed by atoms with Gasteiger partial charge in [0.05, 0.1) is 41.2 Å². The number of nitrogens with one attached hydrogen (secondary N) is 1. The van der Waals surface area contributed by atoms with Crippen LogP contribution in [-0.2, 0) is 4.79 Å². The van der Waals surface area contributed by atoms with Crippen molar-refractivity contribution in [1.29, 1.82) is 0 Å². The number of aromatic hydroxyl groups is 1. The number of phenols is 1. The SMILES string of the molecule is COc1ccc(/C=C/C(=O)Nc2cc(/C=C/c3cc(OC)c(OC)c(OC)c3)ccc2OC)cc1O. The molecule has 0 unspecified atom stereocenters. The van der Waals surface area contributed by atoms with Crippen LogP contribution in [0.15, 0.2) is 54.6 Å². The highest BCUT2D eigenvalue weighted by molar-refractivity contribution is 6.03. The van der Waals surface area contributed by atoms with Gasteiger partial charge >= 0.3 is 0 Å². The predicted octanol–water partition coefficient (Wildman–Crippen LogP) is 5.26. The largest absolute Gasteiger partial charge is 0.504 e. The van der Waals surface area contributed by atoms with Gasteiger partial charge in [0.15, 0.2) is 23.0 Å². The molecule has 3 rings (SSSR count). The number of carbonyl (C=O) groups excluding carboxylic acids is 1. The Hall–Kier alpha value is -4.59. The minimum atomic E-state index is -0.352. The first-order valence-corrected chi connectivity index (χ1v) is 10.9.